The number of amidine groups is 1. The third-order valence-electron chi connectivity index (χ3n) is 3.73. The number of hydrogen-bond acceptors (Lipinski definition) is 6. The molecule has 2 rings (SSSR count). The molecule has 144 valence electrons. The van der Waals surface area contributed by atoms with Crippen molar-refractivity contribution in [1.82, 2.24) is 5.32 Å². The van der Waals surface area contributed by atoms with Crippen molar-refractivity contribution in [1.29, 1.82) is 5.26 Å². The molecule has 0 aliphatic rings. The van der Waals surface area contributed by atoms with E-state index in [0.717, 1.165) is 0 Å². The van der Waals surface area contributed by atoms with Crippen molar-refractivity contribution in [3.63, 3.8) is 0 Å². The molecule has 1 N–H and O–H groups in total. The molecule has 7 nitrogen and oxygen atoms in total. The van der Waals surface area contributed by atoms with Gasteiger partial charge in [0, 0.05) is 11.5 Å². The lowest BCUT2D eigenvalue weighted by Crippen LogP contribution is -2.24. The number of Topliss-reactive ketones (excluding diaryl/α,β-unsaturated/α-hetero) is 1. The number of carbonyl (C=O) groups excluding carboxylic acids is 2. The Morgan fingerprint density at radius 3 is 2.43 bits per heavy atom. The molecular weight excluding hydrogens is 358 g/mol. The molecule has 0 spiro atoms. The van der Waals surface area contributed by atoms with Gasteiger partial charge in [-0.25, -0.2) is 5.32 Å². The van der Waals surface area contributed by atoms with Crippen molar-refractivity contribution in [2.45, 2.75) is 20.3 Å². The van der Waals surface area contributed by atoms with Gasteiger partial charge in [0.15, 0.2) is 12.0 Å². The lowest BCUT2D eigenvalue weighted by atomic mass is 9.96. The van der Waals surface area contributed by atoms with Crippen molar-refractivity contribution in [3.05, 3.63) is 60.2 Å². The smallest absolute Gasteiger partial charge is 0.309 e. The van der Waals surface area contributed by atoms with Crippen molar-refractivity contribution in [2.75, 3.05) is 6.61 Å². The minimum absolute atomic E-state index is 0.0171. The SMILES string of the molecule is CCOC(=O)CC(C)C(=O)c1ccc(N=C(NC#N)Oc2ccccc2)cc1. The normalized spacial score (nSPS) is 11.8. The van der Waals surface area contributed by atoms with Crippen molar-refractivity contribution < 1.29 is 19.1 Å². The summed E-state index contributed by atoms with van der Waals surface area (Å²) in [5.74, 6) is -0.497. The van der Waals surface area contributed by atoms with Gasteiger partial charge in [0.05, 0.1) is 18.7 Å². The van der Waals surface area contributed by atoms with Crippen LogP contribution in [-0.4, -0.2) is 24.4 Å². The van der Waals surface area contributed by atoms with Gasteiger partial charge in [-0.15, -0.1) is 0 Å². The van der Waals surface area contributed by atoms with Gasteiger partial charge in [-0.1, -0.05) is 25.1 Å². The van der Waals surface area contributed by atoms with Crippen LogP contribution in [0.15, 0.2) is 59.6 Å². The summed E-state index contributed by atoms with van der Waals surface area (Å²) < 4.78 is 10.4. The second-order valence-electron chi connectivity index (χ2n) is 5.89. The molecule has 0 heterocycles. The quantitative estimate of drug-likeness (QED) is 0.197. The first kappa shape index (κ1) is 20.6. The van der Waals surface area contributed by atoms with E-state index in [1.807, 2.05) is 6.07 Å². The first-order chi connectivity index (χ1) is 13.5. The molecule has 0 aromatic heterocycles. The second-order valence-corrected chi connectivity index (χ2v) is 5.89. The first-order valence-corrected chi connectivity index (χ1v) is 8.80. The number of aliphatic imine (C=N–C) groups is 1. The van der Waals surface area contributed by atoms with E-state index in [-0.39, 0.29) is 24.8 Å². The van der Waals surface area contributed by atoms with Crippen LogP contribution in [0.2, 0.25) is 0 Å². The predicted molar refractivity (Wildman–Crippen MR) is 104 cm³/mol. The van der Waals surface area contributed by atoms with E-state index < -0.39 is 11.9 Å². The maximum absolute atomic E-state index is 12.4. The number of nitriles is 1. The number of esters is 1. The molecule has 2 aromatic rings. The van der Waals surface area contributed by atoms with Crippen LogP contribution in [0.25, 0.3) is 0 Å². The highest BCUT2D eigenvalue weighted by Gasteiger charge is 2.19. The minimum atomic E-state index is -0.481. The van der Waals surface area contributed by atoms with Gasteiger partial charge in [-0.05, 0) is 43.3 Å². The van der Waals surface area contributed by atoms with E-state index in [0.29, 0.717) is 17.0 Å². The van der Waals surface area contributed by atoms with E-state index >= 15 is 0 Å². The Labute approximate surface area is 163 Å². The Morgan fingerprint density at radius 1 is 1.14 bits per heavy atom. The average Bonchev–Trinajstić information content (AvgIpc) is 2.69. The minimum Gasteiger partial charge on any atom is -0.466 e. The zero-order chi connectivity index (χ0) is 20.4. The summed E-state index contributed by atoms with van der Waals surface area (Å²) in [5.41, 5.74) is 0.970. The van der Waals surface area contributed by atoms with E-state index in [9.17, 15) is 9.59 Å². The zero-order valence-electron chi connectivity index (χ0n) is 15.7. The third-order valence-corrected chi connectivity index (χ3v) is 3.73. The van der Waals surface area contributed by atoms with Crippen LogP contribution in [0.4, 0.5) is 5.69 Å². The molecule has 0 fully saturated rings. The fourth-order valence-electron chi connectivity index (χ4n) is 2.39. The zero-order valence-corrected chi connectivity index (χ0v) is 15.7. The van der Waals surface area contributed by atoms with E-state index in [2.05, 4.69) is 10.3 Å². The Kier molecular flexibility index (Phi) is 7.73. The largest absolute Gasteiger partial charge is 0.466 e. The Bertz CT molecular complexity index is 871. The number of ether oxygens (including phenoxy) is 2. The van der Waals surface area contributed by atoms with Crippen LogP contribution in [0, 0.1) is 17.4 Å². The average molecular weight is 379 g/mol. The van der Waals surface area contributed by atoms with Gasteiger partial charge in [-0.3, -0.25) is 9.59 Å². The van der Waals surface area contributed by atoms with Crippen molar-refractivity contribution in [3.8, 4) is 11.9 Å². The molecule has 2 aromatic carbocycles. The molecule has 0 amide bonds. The highest BCUT2D eigenvalue weighted by Crippen LogP contribution is 2.18. The van der Waals surface area contributed by atoms with E-state index in [1.54, 1.807) is 68.6 Å². The molecule has 0 aliphatic heterocycles. The fraction of sp³-hybridized carbons (Fsp3) is 0.238. The summed E-state index contributed by atoms with van der Waals surface area (Å²) in [6, 6.07) is 15.5. The lowest BCUT2D eigenvalue weighted by Gasteiger charge is -2.10. The summed E-state index contributed by atoms with van der Waals surface area (Å²) >= 11 is 0. The van der Waals surface area contributed by atoms with Gasteiger partial charge in [0.25, 0.3) is 0 Å². The van der Waals surface area contributed by atoms with Crippen LogP contribution in [0.3, 0.4) is 0 Å². The Balaban J connectivity index is 2.09. The molecule has 7 heteroatoms. The number of carbonyl (C=O) groups is 2. The van der Waals surface area contributed by atoms with Gasteiger partial charge < -0.3 is 9.47 Å². The van der Waals surface area contributed by atoms with Gasteiger partial charge in [0.1, 0.15) is 5.75 Å². The van der Waals surface area contributed by atoms with Gasteiger partial charge >= 0.3 is 12.0 Å². The van der Waals surface area contributed by atoms with Crippen molar-refractivity contribution in [2.24, 2.45) is 10.9 Å². The molecular formula is C21H21N3O4. The molecule has 1 atom stereocenters. The summed E-state index contributed by atoms with van der Waals surface area (Å²) in [5, 5.41) is 11.3. The number of nitrogens with zero attached hydrogens (tertiary/aromatic N) is 2. The maximum atomic E-state index is 12.4. The molecule has 0 aliphatic carbocycles. The highest BCUT2D eigenvalue weighted by molar-refractivity contribution is 5.99. The molecule has 0 bridgehead atoms. The third kappa shape index (κ3) is 6.25. The topological polar surface area (TPSA) is 101 Å². The van der Waals surface area contributed by atoms with Crippen LogP contribution < -0.4 is 10.1 Å². The summed E-state index contributed by atoms with van der Waals surface area (Å²) in [4.78, 5) is 28.2. The molecule has 0 radical (unpaired) electrons. The molecule has 28 heavy (non-hydrogen) atoms. The summed E-state index contributed by atoms with van der Waals surface area (Å²) in [6.07, 6.45) is 1.81. The molecule has 0 saturated heterocycles. The van der Waals surface area contributed by atoms with E-state index in [4.69, 9.17) is 14.7 Å². The fourth-order valence-corrected chi connectivity index (χ4v) is 2.39. The standard InChI is InChI=1S/C21H21N3O4/c1-3-27-19(25)13-15(2)20(26)16-9-11-17(12-10-16)24-21(23-14-22)28-18-7-5-4-6-8-18/h4-12,15H,3,13H2,1-2H3,(H,23,24). The Hall–Kier alpha value is -3.66. The summed E-state index contributed by atoms with van der Waals surface area (Å²) in [7, 11) is 0. The van der Waals surface area contributed by atoms with Gasteiger partial charge in [0.2, 0.25) is 0 Å². The van der Waals surface area contributed by atoms with Crippen LogP contribution in [-0.2, 0) is 9.53 Å². The monoisotopic (exact) mass is 379 g/mol. The number of para-hydroxylation sites is 1. The van der Waals surface area contributed by atoms with Crippen LogP contribution >= 0.6 is 0 Å². The maximum Gasteiger partial charge on any atom is 0.309 e. The number of nitrogens with one attached hydrogen (secondary N) is 1. The number of rotatable bonds is 7. The molecule has 0 saturated carbocycles. The number of hydrogen-bond donors (Lipinski definition) is 1. The number of ketones is 1. The molecule has 1 unspecified atom stereocenters. The number of benzene rings is 2. The summed E-state index contributed by atoms with van der Waals surface area (Å²) in [6.45, 7) is 3.70. The second kappa shape index (κ2) is 10.5. The van der Waals surface area contributed by atoms with E-state index in [1.165, 1.54) is 0 Å². The Morgan fingerprint density at radius 2 is 1.82 bits per heavy atom. The van der Waals surface area contributed by atoms with Crippen molar-refractivity contribution >= 4 is 23.5 Å². The lowest BCUT2D eigenvalue weighted by molar-refractivity contribution is -0.143. The first-order valence-electron chi connectivity index (χ1n) is 8.80. The highest BCUT2D eigenvalue weighted by atomic mass is 16.5. The predicted octanol–water partition coefficient (Wildman–Crippen LogP) is 3.60. The van der Waals surface area contributed by atoms with Crippen LogP contribution in [0.1, 0.15) is 30.6 Å². The van der Waals surface area contributed by atoms with Crippen LogP contribution in [0.5, 0.6) is 5.75 Å². The van der Waals surface area contributed by atoms with Gasteiger partial charge in [-0.2, -0.15) is 10.3 Å².